The molecule has 0 atom stereocenters. The molecule has 2 nitrogen and oxygen atoms in total. The van der Waals surface area contributed by atoms with Crippen LogP contribution in [-0.4, -0.2) is 18.8 Å². The van der Waals surface area contributed by atoms with E-state index < -0.39 is 0 Å². The lowest BCUT2D eigenvalue weighted by Gasteiger charge is -2.09. The van der Waals surface area contributed by atoms with Crippen LogP contribution in [0.4, 0.5) is 0 Å². The summed E-state index contributed by atoms with van der Waals surface area (Å²) in [5.74, 6) is 0.850. The van der Waals surface area contributed by atoms with Gasteiger partial charge in [-0.15, -0.1) is 0 Å². The van der Waals surface area contributed by atoms with Gasteiger partial charge >= 0.3 is 0 Å². The smallest absolute Gasteiger partial charge is 0.122 e. The fourth-order valence-corrected chi connectivity index (χ4v) is 1.77. The lowest BCUT2D eigenvalue weighted by atomic mass is 10.0. The molecular formula is C13H14O2. The highest BCUT2D eigenvalue weighted by atomic mass is 16.5. The molecule has 0 aromatic heterocycles. The number of hydrogen-bond acceptors (Lipinski definition) is 2. The number of hydrogen-bond donors (Lipinski definition) is 1. The van der Waals surface area contributed by atoms with Crippen LogP contribution in [0.15, 0.2) is 36.4 Å². The number of aliphatic hydroxyl groups excluding tert-OH is 1. The minimum Gasteiger partial charge on any atom is -0.496 e. The van der Waals surface area contributed by atoms with E-state index in [2.05, 4.69) is 18.2 Å². The van der Waals surface area contributed by atoms with Crippen molar-refractivity contribution in [3.05, 3.63) is 42.0 Å². The van der Waals surface area contributed by atoms with Crippen molar-refractivity contribution in [3.8, 4) is 5.75 Å². The zero-order valence-electron chi connectivity index (χ0n) is 8.73. The van der Waals surface area contributed by atoms with Crippen LogP contribution in [0.2, 0.25) is 0 Å². The molecule has 15 heavy (non-hydrogen) atoms. The average molecular weight is 202 g/mol. The van der Waals surface area contributed by atoms with Crippen molar-refractivity contribution in [1.29, 1.82) is 0 Å². The highest BCUT2D eigenvalue weighted by Gasteiger charge is 2.04. The maximum atomic E-state index is 8.96. The van der Waals surface area contributed by atoms with E-state index in [0.29, 0.717) is 6.42 Å². The van der Waals surface area contributed by atoms with Gasteiger partial charge in [0.2, 0.25) is 0 Å². The maximum Gasteiger partial charge on any atom is 0.122 e. The molecule has 0 saturated carbocycles. The van der Waals surface area contributed by atoms with Crippen LogP contribution in [0.1, 0.15) is 5.56 Å². The summed E-state index contributed by atoms with van der Waals surface area (Å²) < 4.78 is 5.29. The monoisotopic (exact) mass is 202 g/mol. The molecular weight excluding hydrogens is 188 g/mol. The zero-order valence-corrected chi connectivity index (χ0v) is 8.73. The first-order chi connectivity index (χ1) is 7.35. The Kier molecular flexibility index (Phi) is 2.88. The van der Waals surface area contributed by atoms with Gasteiger partial charge in [-0.1, -0.05) is 24.3 Å². The molecule has 0 amide bonds. The van der Waals surface area contributed by atoms with Crippen LogP contribution in [-0.2, 0) is 6.42 Å². The highest BCUT2D eigenvalue weighted by Crippen LogP contribution is 2.25. The number of ether oxygens (including phenoxy) is 1. The van der Waals surface area contributed by atoms with Crippen LogP contribution >= 0.6 is 0 Å². The Hall–Kier alpha value is -1.54. The first-order valence-electron chi connectivity index (χ1n) is 5.01. The molecule has 0 heterocycles. The van der Waals surface area contributed by atoms with E-state index in [0.717, 1.165) is 16.7 Å². The van der Waals surface area contributed by atoms with Crippen LogP contribution in [0.25, 0.3) is 10.8 Å². The third-order valence-electron chi connectivity index (χ3n) is 2.53. The van der Waals surface area contributed by atoms with Crippen molar-refractivity contribution >= 4 is 10.8 Å². The van der Waals surface area contributed by atoms with Crippen molar-refractivity contribution < 1.29 is 9.84 Å². The van der Waals surface area contributed by atoms with E-state index in [1.165, 1.54) is 5.39 Å². The van der Waals surface area contributed by atoms with E-state index in [9.17, 15) is 0 Å². The molecule has 1 N–H and O–H groups in total. The van der Waals surface area contributed by atoms with Crippen molar-refractivity contribution in [2.75, 3.05) is 13.7 Å². The second kappa shape index (κ2) is 4.32. The molecule has 0 bridgehead atoms. The molecule has 0 aliphatic carbocycles. The second-order valence-electron chi connectivity index (χ2n) is 3.48. The minimum absolute atomic E-state index is 0.148. The fourth-order valence-electron chi connectivity index (χ4n) is 1.77. The molecule has 0 fully saturated rings. The van der Waals surface area contributed by atoms with Gasteiger partial charge in [0.05, 0.1) is 7.11 Å². The predicted octanol–water partition coefficient (Wildman–Crippen LogP) is 2.38. The second-order valence-corrected chi connectivity index (χ2v) is 3.48. The lowest BCUT2D eigenvalue weighted by molar-refractivity contribution is 0.297. The maximum absolute atomic E-state index is 8.96. The van der Waals surface area contributed by atoms with Gasteiger partial charge in [0, 0.05) is 6.61 Å². The summed E-state index contributed by atoms with van der Waals surface area (Å²) in [6.45, 7) is 0.148. The summed E-state index contributed by atoms with van der Waals surface area (Å²) in [5.41, 5.74) is 1.05. The minimum atomic E-state index is 0.148. The van der Waals surface area contributed by atoms with Gasteiger partial charge in [-0.25, -0.2) is 0 Å². The van der Waals surface area contributed by atoms with E-state index in [4.69, 9.17) is 9.84 Å². The Labute approximate surface area is 89.1 Å². The zero-order chi connectivity index (χ0) is 10.7. The van der Waals surface area contributed by atoms with E-state index in [1.54, 1.807) is 7.11 Å². The summed E-state index contributed by atoms with van der Waals surface area (Å²) in [5, 5.41) is 11.3. The third kappa shape index (κ3) is 1.95. The van der Waals surface area contributed by atoms with E-state index in [-0.39, 0.29) is 6.61 Å². The molecule has 0 spiro atoms. The average Bonchev–Trinajstić information content (AvgIpc) is 2.28. The summed E-state index contributed by atoms with van der Waals surface area (Å²) in [6.07, 6.45) is 0.633. The van der Waals surface area contributed by atoms with Gasteiger partial charge < -0.3 is 9.84 Å². The molecule has 0 saturated heterocycles. The number of rotatable bonds is 3. The summed E-state index contributed by atoms with van der Waals surface area (Å²) >= 11 is 0. The summed E-state index contributed by atoms with van der Waals surface area (Å²) in [6, 6.07) is 12.2. The molecule has 0 unspecified atom stereocenters. The molecule has 2 aromatic carbocycles. The Morgan fingerprint density at radius 1 is 1.13 bits per heavy atom. The number of benzene rings is 2. The van der Waals surface area contributed by atoms with Gasteiger partial charge in [0.1, 0.15) is 5.75 Å². The Morgan fingerprint density at radius 2 is 1.80 bits per heavy atom. The summed E-state index contributed by atoms with van der Waals surface area (Å²) in [7, 11) is 1.66. The Balaban J connectivity index is 2.58. The normalized spacial score (nSPS) is 10.5. The first-order valence-corrected chi connectivity index (χ1v) is 5.01. The highest BCUT2D eigenvalue weighted by molar-refractivity contribution is 5.85. The lowest BCUT2D eigenvalue weighted by Crippen LogP contribution is -1.95. The third-order valence-corrected chi connectivity index (χ3v) is 2.53. The Bertz CT molecular complexity index is 463. The van der Waals surface area contributed by atoms with Crippen molar-refractivity contribution in [1.82, 2.24) is 0 Å². The Morgan fingerprint density at radius 3 is 2.40 bits per heavy atom. The number of methoxy groups -OCH3 is 1. The van der Waals surface area contributed by atoms with Crippen molar-refractivity contribution in [2.45, 2.75) is 6.42 Å². The molecule has 0 radical (unpaired) electrons. The fraction of sp³-hybridized carbons (Fsp3) is 0.231. The van der Waals surface area contributed by atoms with Gasteiger partial charge in [0.15, 0.2) is 0 Å². The largest absolute Gasteiger partial charge is 0.496 e. The van der Waals surface area contributed by atoms with Crippen LogP contribution < -0.4 is 4.74 Å². The van der Waals surface area contributed by atoms with Crippen molar-refractivity contribution in [2.24, 2.45) is 0 Å². The van der Waals surface area contributed by atoms with Crippen LogP contribution in [0.5, 0.6) is 5.75 Å². The van der Waals surface area contributed by atoms with Gasteiger partial charge in [-0.2, -0.15) is 0 Å². The number of aliphatic hydroxyl groups is 1. The molecule has 2 aromatic rings. The van der Waals surface area contributed by atoms with Gasteiger partial charge in [0.25, 0.3) is 0 Å². The van der Waals surface area contributed by atoms with Crippen LogP contribution in [0, 0.1) is 0 Å². The van der Waals surface area contributed by atoms with E-state index >= 15 is 0 Å². The molecule has 2 heteroatoms. The van der Waals surface area contributed by atoms with Crippen molar-refractivity contribution in [3.63, 3.8) is 0 Å². The topological polar surface area (TPSA) is 29.5 Å². The van der Waals surface area contributed by atoms with Gasteiger partial charge in [-0.05, 0) is 34.9 Å². The SMILES string of the molecule is COc1cc2ccccc2cc1CCO. The summed E-state index contributed by atoms with van der Waals surface area (Å²) in [4.78, 5) is 0. The molecule has 0 aliphatic rings. The number of fused-ring (bicyclic) bond motifs is 1. The molecule has 0 aliphatic heterocycles. The van der Waals surface area contributed by atoms with Gasteiger partial charge in [-0.3, -0.25) is 0 Å². The standard InChI is InChI=1S/C13H14O2/c1-15-13-9-11-5-3-2-4-10(11)8-12(13)6-7-14/h2-5,8-9,14H,6-7H2,1H3. The molecule has 78 valence electrons. The van der Waals surface area contributed by atoms with E-state index in [1.807, 2.05) is 18.2 Å². The predicted molar refractivity (Wildman–Crippen MR) is 61.3 cm³/mol. The first kappa shape index (κ1) is 9.99. The molecule has 2 rings (SSSR count). The van der Waals surface area contributed by atoms with Crippen LogP contribution in [0.3, 0.4) is 0 Å². The quantitative estimate of drug-likeness (QED) is 0.828.